The Labute approximate surface area is 115 Å². The molecule has 0 aliphatic heterocycles. The molecule has 0 bridgehead atoms. The van der Waals surface area contributed by atoms with Gasteiger partial charge >= 0.3 is 0 Å². The highest BCUT2D eigenvalue weighted by molar-refractivity contribution is 6.30. The van der Waals surface area contributed by atoms with Crippen LogP contribution in [0.3, 0.4) is 0 Å². The van der Waals surface area contributed by atoms with Gasteiger partial charge in [0, 0.05) is 28.5 Å². The number of aromatic nitrogens is 1. The van der Waals surface area contributed by atoms with E-state index in [0.717, 1.165) is 11.1 Å². The number of hydrogen-bond acceptors (Lipinski definition) is 3. The molecule has 0 aliphatic carbocycles. The minimum absolute atomic E-state index is 0.0967. The summed E-state index contributed by atoms with van der Waals surface area (Å²) in [6.07, 6.45) is 3.35. The third kappa shape index (κ3) is 3.53. The van der Waals surface area contributed by atoms with Crippen molar-refractivity contribution in [3.8, 4) is 0 Å². The fraction of sp³-hybridized carbons (Fsp3) is 0. The van der Waals surface area contributed by atoms with Crippen molar-refractivity contribution in [2.45, 2.75) is 0 Å². The maximum absolute atomic E-state index is 5.87. The summed E-state index contributed by atoms with van der Waals surface area (Å²) in [4.78, 5) is 3.97. The van der Waals surface area contributed by atoms with Crippen LogP contribution in [-0.2, 0) is 0 Å². The predicted octanol–water partition coefficient (Wildman–Crippen LogP) is 1.76. The van der Waals surface area contributed by atoms with Gasteiger partial charge in [-0.2, -0.15) is 0 Å². The van der Waals surface area contributed by atoms with Gasteiger partial charge in [0.05, 0.1) is 0 Å². The lowest BCUT2D eigenvalue weighted by atomic mass is 10.0. The van der Waals surface area contributed by atoms with Gasteiger partial charge in [0.15, 0.2) is 0 Å². The fourth-order valence-electron chi connectivity index (χ4n) is 1.51. The van der Waals surface area contributed by atoms with Crippen LogP contribution in [0.4, 0.5) is 0 Å². The van der Waals surface area contributed by atoms with Crippen molar-refractivity contribution < 1.29 is 0 Å². The van der Waals surface area contributed by atoms with Crippen LogP contribution in [0, 0.1) is 0 Å². The summed E-state index contributed by atoms with van der Waals surface area (Å²) < 4.78 is 0. The van der Waals surface area contributed by atoms with Crippen LogP contribution >= 0.6 is 11.6 Å². The number of guanidine groups is 1. The van der Waals surface area contributed by atoms with Crippen molar-refractivity contribution in [1.82, 2.24) is 4.98 Å². The molecular weight excluding hydrogens is 262 g/mol. The molecule has 1 aromatic carbocycles. The quantitative estimate of drug-likeness (QED) is 0.507. The number of halogens is 1. The Morgan fingerprint density at radius 3 is 2.05 bits per heavy atom. The van der Waals surface area contributed by atoms with E-state index in [-0.39, 0.29) is 5.96 Å². The lowest BCUT2D eigenvalue weighted by Crippen LogP contribution is -2.22. The SMILES string of the molecule is NC(N)=NN=C(c1ccncc1)c1ccc(Cl)cc1. The highest BCUT2D eigenvalue weighted by Gasteiger charge is 2.07. The average Bonchev–Trinajstić information content (AvgIpc) is 2.42. The second-order valence-electron chi connectivity index (χ2n) is 3.72. The van der Waals surface area contributed by atoms with E-state index in [4.69, 9.17) is 23.1 Å². The molecule has 0 amide bonds. The molecule has 0 saturated heterocycles. The first-order valence-corrected chi connectivity index (χ1v) is 5.87. The van der Waals surface area contributed by atoms with E-state index in [1.54, 1.807) is 24.5 Å². The van der Waals surface area contributed by atoms with E-state index in [1.807, 2.05) is 24.3 Å². The van der Waals surface area contributed by atoms with Crippen molar-refractivity contribution in [3.05, 3.63) is 64.9 Å². The zero-order chi connectivity index (χ0) is 13.7. The normalized spacial score (nSPS) is 11.1. The maximum Gasteiger partial charge on any atom is 0.211 e. The van der Waals surface area contributed by atoms with Crippen LogP contribution in [0.15, 0.2) is 59.0 Å². The highest BCUT2D eigenvalue weighted by Crippen LogP contribution is 2.14. The van der Waals surface area contributed by atoms with Crippen LogP contribution in [0.2, 0.25) is 5.02 Å². The predicted molar refractivity (Wildman–Crippen MR) is 77.1 cm³/mol. The number of benzene rings is 1. The molecule has 1 aromatic heterocycles. The Kier molecular flexibility index (Phi) is 4.10. The molecule has 0 unspecified atom stereocenters. The lowest BCUT2D eigenvalue weighted by Gasteiger charge is -2.05. The van der Waals surface area contributed by atoms with E-state index in [2.05, 4.69) is 15.2 Å². The monoisotopic (exact) mass is 273 g/mol. The molecule has 6 heteroatoms. The molecule has 19 heavy (non-hydrogen) atoms. The van der Waals surface area contributed by atoms with Gasteiger partial charge in [0.1, 0.15) is 5.71 Å². The van der Waals surface area contributed by atoms with Crippen molar-refractivity contribution >= 4 is 23.3 Å². The Morgan fingerprint density at radius 2 is 1.47 bits per heavy atom. The molecule has 2 rings (SSSR count). The molecule has 2 aromatic rings. The molecule has 0 radical (unpaired) electrons. The molecule has 0 spiro atoms. The van der Waals surface area contributed by atoms with Crippen LogP contribution in [0.5, 0.6) is 0 Å². The Hall–Kier alpha value is -2.40. The third-order valence-corrected chi connectivity index (χ3v) is 2.59. The summed E-state index contributed by atoms with van der Waals surface area (Å²) in [5, 5.41) is 8.44. The molecule has 0 aliphatic rings. The van der Waals surface area contributed by atoms with Gasteiger partial charge in [-0.3, -0.25) is 4.98 Å². The fourth-order valence-corrected chi connectivity index (χ4v) is 1.63. The maximum atomic E-state index is 5.87. The lowest BCUT2D eigenvalue weighted by molar-refractivity contribution is 1.20. The van der Waals surface area contributed by atoms with Gasteiger partial charge in [0.25, 0.3) is 0 Å². The zero-order valence-electron chi connectivity index (χ0n) is 9.99. The minimum Gasteiger partial charge on any atom is -0.369 e. The smallest absolute Gasteiger partial charge is 0.211 e. The van der Waals surface area contributed by atoms with E-state index >= 15 is 0 Å². The summed E-state index contributed by atoms with van der Waals surface area (Å²) in [5.41, 5.74) is 13.0. The first-order valence-electron chi connectivity index (χ1n) is 5.50. The number of hydrogen-bond donors (Lipinski definition) is 2. The summed E-state index contributed by atoms with van der Waals surface area (Å²) in [5.74, 6) is -0.0967. The van der Waals surface area contributed by atoms with E-state index in [1.165, 1.54) is 0 Å². The van der Waals surface area contributed by atoms with Gasteiger partial charge < -0.3 is 11.5 Å². The van der Waals surface area contributed by atoms with Gasteiger partial charge in [-0.05, 0) is 24.3 Å². The third-order valence-electron chi connectivity index (χ3n) is 2.34. The van der Waals surface area contributed by atoms with E-state index in [0.29, 0.717) is 10.7 Å². The van der Waals surface area contributed by atoms with E-state index < -0.39 is 0 Å². The average molecular weight is 274 g/mol. The standard InChI is InChI=1S/C13H12ClN5/c14-11-3-1-9(2-4-11)12(18-19-13(15)16)10-5-7-17-8-6-10/h1-8H,(H4,15,16,19). The molecule has 4 N–H and O–H groups in total. The summed E-state index contributed by atoms with van der Waals surface area (Å²) in [7, 11) is 0. The molecule has 1 heterocycles. The molecule has 0 atom stereocenters. The largest absolute Gasteiger partial charge is 0.369 e. The second kappa shape index (κ2) is 5.97. The summed E-state index contributed by atoms with van der Waals surface area (Å²) in [6.45, 7) is 0. The van der Waals surface area contributed by atoms with Crippen molar-refractivity contribution in [3.63, 3.8) is 0 Å². The highest BCUT2D eigenvalue weighted by atomic mass is 35.5. The molecule has 5 nitrogen and oxygen atoms in total. The van der Waals surface area contributed by atoms with Crippen LogP contribution in [0.25, 0.3) is 0 Å². The molecule has 0 fully saturated rings. The van der Waals surface area contributed by atoms with Crippen molar-refractivity contribution in [2.75, 3.05) is 0 Å². The number of nitrogens with zero attached hydrogens (tertiary/aromatic N) is 3. The van der Waals surface area contributed by atoms with Gasteiger partial charge in [-0.1, -0.05) is 23.7 Å². The van der Waals surface area contributed by atoms with Gasteiger partial charge in [0.2, 0.25) is 5.96 Å². The summed E-state index contributed by atoms with van der Waals surface area (Å²) >= 11 is 5.87. The topological polar surface area (TPSA) is 89.7 Å². The van der Waals surface area contributed by atoms with Crippen LogP contribution in [-0.4, -0.2) is 16.7 Å². The molecule has 0 saturated carbocycles. The van der Waals surface area contributed by atoms with Gasteiger partial charge in [-0.15, -0.1) is 10.2 Å². The van der Waals surface area contributed by atoms with Gasteiger partial charge in [-0.25, -0.2) is 0 Å². The zero-order valence-corrected chi connectivity index (χ0v) is 10.7. The number of rotatable bonds is 3. The second-order valence-corrected chi connectivity index (χ2v) is 4.15. The number of nitrogens with two attached hydrogens (primary N) is 2. The summed E-state index contributed by atoms with van der Waals surface area (Å²) in [6, 6.07) is 10.9. The van der Waals surface area contributed by atoms with E-state index in [9.17, 15) is 0 Å². The molecule has 96 valence electrons. The Morgan fingerprint density at radius 1 is 0.895 bits per heavy atom. The van der Waals surface area contributed by atoms with Crippen LogP contribution in [0.1, 0.15) is 11.1 Å². The van der Waals surface area contributed by atoms with Crippen molar-refractivity contribution in [2.24, 2.45) is 21.7 Å². The Bertz CT molecular complexity index is 601. The minimum atomic E-state index is -0.0967. The van der Waals surface area contributed by atoms with Crippen LogP contribution < -0.4 is 11.5 Å². The van der Waals surface area contributed by atoms with Crippen molar-refractivity contribution in [1.29, 1.82) is 0 Å². The molecular formula is C13H12ClN5. The first kappa shape index (κ1) is 13.0. The number of pyridine rings is 1. The first-order chi connectivity index (χ1) is 9.16. The Balaban J connectivity index is 2.49.